The Morgan fingerprint density at radius 3 is 2.67 bits per heavy atom. The molecule has 1 aliphatic rings. The van der Waals surface area contributed by atoms with Gasteiger partial charge in [-0.1, -0.05) is 13.0 Å². The van der Waals surface area contributed by atoms with Crippen LogP contribution in [0.3, 0.4) is 0 Å². The summed E-state index contributed by atoms with van der Waals surface area (Å²) in [6.45, 7) is 2.74. The summed E-state index contributed by atoms with van der Waals surface area (Å²) >= 11 is 0. The summed E-state index contributed by atoms with van der Waals surface area (Å²) in [7, 11) is 0. The Morgan fingerprint density at radius 1 is 1.15 bits per heavy atom. The van der Waals surface area contributed by atoms with E-state index in [2.05, 4.69) is 17.2 Å². The summed E-state index contributed by atoms with van der Waals surface area (Å²) < 4.78 is 26.3. The molecule has 2 heterocycles. The molecule has 1 aromatic heterocycles. The van der Waals surface area contributed by atoms with Crippen molar-refractivity contribution in [2.45, 2.75) is 38.6 Å². The number of rotatable bonds is 4. The number of halogens is 2. The third kappa shape index (κ3) is 4.30. The Kier molecular flexibility index (Phi) is 5.78. The van der Waals surface area contributed by atoms with Crippen LogP contribution in [0, 0.1) is 11.6 Å². The van der Waals surface area contributed by atoms with E-state index in [1.165, 1.54) is 12.1 Å². The molecule has 2 amide bonds. The normalized spacial score (nSPS) is 16.9. The number of anilines is 1. The summed E-state index contributed by atoms with van der Waals surface area (Å²) in [5.41, 5.74) is 0.350. The molecule has 1 aliphatic heterocycles. The van der Waals surface area contributed by atoms with Gasteiger partial charge in [0.05, 0.1) is 0 Å². The van der Waals surface area contributed by atoms with E-state index >= 15 is 0 Å². The zero-order chi connectivity index (χ0) is 19.4. The Balaban J connectivity index is 1.77. The average Bonchev–Trinajstić information content (AvgIpc) is 2.70. The molecule has 0 spiro atoms. The summed E-state index contributed by atoms with van der Waals surface area (Å²) in [5, 5.41) is 2.46. The number of piperidine rings is 1. The van der Waals surface area contributed by atoms with Crippen molar-refractivity contribution in [3.8, 4) is 0 Å². The third-order valence-corrected chi connectivity index (χ3v) is 4.74. The van der Waals surface area contributed by atoms with E-state index in [0.717, 1.165) is 37.8 Å². The van der Waals surface area contributed by atoms with Gasteiger partial charge in [0.15, 0.2) is 11.6 Å². The maximum atomic E-state index is 13.3. The Hall–Kier alpha value is -2.83. The highest BCUT2D eigenvalue weighted by Gasteiger charge is 2.27. The van der Waals surface area contributed by atoms with E-state index in [9.17, 15) is 18.4 Å². The van der Waals surface area contributed by atoms with E-state index < -0.39 is 17.5 Å². The molecule has 3 rings (SSSR count). The quantitative estimate of drug-likeness (QED) is 0.881. The number of carbonyl (C=O) groups is 2. The minimum absolute atomic E-state index is 0.0376. The van der Waals surface area contributed by atoms with Gasteiger partial charge in [-0.2, -0.15) is 0 Å². The van der Waals surface area contributed by atoms with Gasteiger partial charge in [0.1, 0.15) is 11.4 Å². The van der Waals surface area contributed by atoms with Crippen molar-refractivity contribution in [3.63, 3.8) is 0 Å². The predicted molar refractivity (Wildman–Crippen MR) is 97.5 cm³/mol. The Labute approximate surface area is 156 Å². The molecule has 1 unspecified atom stereocenters. The van der Waals surface area contributed by atoms with Crippen molar-refractivity contribution in [2.24, 2.45) is 0 Å². The van der Waals surface area contributed by atoms with Crippen LogP contribution in [0.2, 0.25) is 0 Å². The zero-order valence-electron chi connectivity index (χ0n) is 15.0. The number of amides is 2. The standard InChI is InChI=1S/C20H21F2N3O2/c1-2-14-6-3-4-11-25(14)20(27)18-8-5-7-17(24-18)19(26)23-13-9-10-15(21)16(22)12-13/h5,7-10,12,14H,2-4,6,11H2,1H3,(H,23,26). The summed E-state index contributed by atoms with van der Waals surface area (Å²) in [6.07, 6.45) is 3.91. The summed E-state index contributed by atoms with van der Waals surface area (Å²) in [6, 6.07) is 7.91. The highest BCUT2D eigenvalue weighted by atomic mass is 19.2. The smallest absolute Gasteiger partial charge is 0.274 e. The van der Waals surface area contributed by atoms with E-state index in [1.54, 1.807) is 12.1 Å². The highest BCUT2D eigenvalue weighted by molar-refractivity contribution is 6.03. The minimum atomic E-state index is -1.06. The van der Waals surface area contributed by atoms with Gasteiger partial charge in [0, 0.05) is 24.3 Å². The predicted octanol–water partition coefficient (Wildman–Crippen LogP) is 4.02. The molecule has 27 heavy (non-hydrogen) atoms. The van der Waals surface area contributed by atoms with Crippen LogP contribution in [0.4, 0.5) is 14.5 Å². The molecule has 1 saturated heterocycles. The fourth-order valence-corrected chi connectivity index (χ4v) is 3.29. The summed E-state index contributed by atoms with van der Waals surface area (Å²) in [5.74, 6) is -2.84. The molecule has 0 radical (unpaired) electrons. The second-order valence-electron chi connectivity index (χ2n) is 6.55. The zero-order valence-corrected chi connectivity index (χ0v) is 15.0. The number of aromatic nitrogens is 1. The second-order valence-corrected chi connectivity index (χ2v) is 6.55. The maximum absolute atomic E-state index is 13.3. The first-order valence-electron chi connectivity index (χ1n) is 9.04. The third-order valence-electron chi connectivity index (χ3n) is 4.74. The van der Waals surface area contributed by atoms with Crippen LogP contribution in [-0.4, -0.2) is 34.3 Å². The molecule has 5 nitrogen and oxygen atoms in total. The molecule has 0 saturated carbocycles. The lowest BCUT2D eigenvalue weighted by atomic mass is 9.99. The number of nitrogens with one attached hydrogen (secondary N) is 1. The molecule has 0 aliphatic carbocycles. The molecule has 2 aromatic rings. The Bertz CT molecular complexity index is 857. The molecule has 7 heteroatoms. The SMILES string of the molecule is CCC1CCCCN1C(=O)c1cccc(C(=O)Nc2ccc(F)c(F)c2)n1. The first-order valence-corrected chi connectivity index (χ1v) is 9.04. The van der Waals surface area contributed by atoms with E-state index in [4.69, 9.17) is 0 Å². The molecule has 142 valence electrons. The van der Waals surface area contributed by atoms with Crippen LogP contribution < -0.4 is 5.32 Å². The number of nitrogens with zero attached hydrogens (tertiary/aromatic N) is 2. The van der Waals surface area contributed by atoms with E-state index in [1.807, 2.05) is 4.90 Å². The van der Waals surface area contributed by atoms with Crippen LogP contribution in [0.5, 0.6) is 0 Å². The fraction of sp³-hybridized carbons (Fsp3) is 0.350. The van der Waals surface area contributed by atoms with Gasteiger partial charge in [-0.3, -0.25) is 9.59 Å². The lowest BCUT2D eigenvalue weighted by Gasteiger charge is -2.35. The first-order chi connectivity index (χ1) is 13.0. The minimum Gasteiger partial charge on any atom is -0.334 e. The molecule has 1 N–H and O–H groups in total. The molecule has 1 aromatic carbocycles. The van der Waals surface area contributed by atoms with Crippen molar-refractivity contribution in [3.05, 3.63) is 59.4 Å². The fourth-order valence-electron chi connectivity index (χ4n) is 3.29. The molecular weight excluding hydrogens is 352 g/mol. The van der Waals surface area contributed by atoms with Crippen LogP contribution in [-0.2, 0) is 0 Å². The van der Waals surface area contributed by atoms with E-state index in [0.29, 0.717) is 6.54 Å². The highest BCUT2D eigenvalue weighted by Crippen LogP contribution is 2.21. The second kappa shape index (κ2) is 8.24. The van der Waals surface area contributed by atoms with Gasteiger partial charge >= 0.3 is 0 Å². The van der Waals surface area contributed by atoms with Gasteiger partial charge in [0.25, 0.3) is 11.8 Å². The largest absolute Gasteiger partial charge is 0.334 e. The lowest BCUT2D eigenvalue weighted by Crippen LogP contribution is -2.43. The summed E-state index contributed by atoms with van der Waals surface area (Å²) in [4.78, 5) is 31.2. The van der Waals surface area contributed by atoms with Crippen molar-refractivity contribution < 1.29 is 18.4 Å². The molecular formula is C20H21F2N3O2. The average molecular weight is 373 g/mol. The van der Waals surface area contributed by atoms with Gasteiger partial charge in [-0.05, 0) is 49.9 Å². The number of hydrogen-bond donors (Lipinski definition) is 1. The number of pyridine rings is 1. The van der Waals surface area contributed by atoms with Gasteiger partial charge < -0.3 is 10.2 Å². The van der Waals surface area contributed by atoms with Crippen LogP contribution in [0.1, 0.15) is 53.6 Å². The first kappa shape index (κ1) is 18.9. The number of benzene rings is 1. The lowest BCUT2D eigenvalue weighted by molar-refractivity contribution is 0.0602. The van der Waals surface area contributed by atoms with Gasteiger partial charge in [-0.25, -0.2) is 13.8 Å². The number of likely N-dealkylation sites (tertiary alicyclic amines) is 1. The van der Waals surface area contributed by atoms with Crippen molar-refractivity contribution >= 4 is 17.5 Å². The monoisotopic (exact) mass is 373 g/mol. The molecule has 1 atom stereocenters. The maximum Gasteiger partial charge on any atom is 0.274 e. The van der Waals surface area contributed by atoms with E-state index in [-0.39, 0.29) is 29.0 Å². The van der Waals surface area contributed by atoms with Crippen molar-refractivity contribution in [2.75, 3.05) is 11.9 Å². The van der Waals surface area contributed by atoms with Crippen molar-refractivity contribution in [1.82, 2.24) is 9.88 Å². The molecule has 0 bridgehead atoms. The Morgan fingerprint density at radius 2 is 1.93 bits per heavy atom. The van der Waals surface area contributed by atoms with Gasteiger partial charge in [-0.15, -0.1) is 0 Å². The van der Waals surface area contributed by atoms with Crippen LogP contribution in [0.15, 0.2) is 36.4 Å². The number of carbonyl (C=O) groups excluding carboxylic acids is 2. The van der Waals surface area contributed by atoms with Gasteiger partial charge in [0.2, 0.25) is 0 Å². The topological polar surface area (TPSA) is 62.3 Å². The number of hydrogen-bond acceptors (Lipinski definition) is 3. The van der Waals surface area contributed by atoms with Crippen LogP contribution in [0.25, 0.3) is 0 Å². The molecule has 1 fully saturated rings. The van der Waals surface area contributed by atoms with Crippen molar-refractivity contribution in [1.29, 1.82) is 0 Å². The van der Waals surface area contributed by atoms with Crippen LogP contribution >= 0.6 is 0 Å².